The van der Waals surface area contributed by atoms with Gasteiger partial charge in [0.1, 0.15) is 6.04 Å². The maximum atomic E-state index is 13.7. The molecule has 4 amide bonds. The molecule has 7 nitrogen and oxygen atoms in total. The molecule has 0 bridgehead atoms. The van der Waals surface area contributed by atoms with Gasteiger partial charge in [-0.05, 0) is 43.9 Å². The van der Waals surface area contributed by atoms with E-state index in [1.165, 1.54) is 6.42 Å². The van der Waals surface area contributed by atoms with Crippen LogP contribution < -0.4 is 10.6 Å². The van der Waals surface area contributed by atoms with Gasteiger partial charge in [0.2, 0.25) is 11.8 Å². The van der Waals surface area contributed by atoms with Gasteiger partial charge < -0.3 is 20.4 Å². The van der Waals surface area contributed by atoms with Crippen molar-refractivity contribution in [1.82, 2.24) is 15.1 Å². The number of carbonyl (C=O) groups is 3. The van der Waals surface area contributed by atoms with Crippen molar-refractivity contribution in [3.63, 3.8) is 0 Å². The summed E-state index contributed by atoms with van der Waals surface area (Å²) >= 11 is 0. The highest BCUT2D eigenvalue weighted by Crippen LogP contribution is 2.27. The van der Waals surface area contributed by atoms with E-state index in [1.807, 2.05) is 73.3 Å². The second-order valence-electron chi connectivity index (χ2n) is 10.2. The first kappa shape index (κ1) is 25.7. The molecular formula is C29H38N4O3. The lowest BCUT2D eigenvalue weighted by Gasteiger charge is -2.42. The number of nitrogens with one attached hydrogen (secondary N) is 2. The maximum absolute atomic E-state index is 13.7. The minimum atomic E-state index is -0.704. The van der Waals surface area contributed by atoms with Crippen LogP contribution in [0.4, 0.5) is 10.5 Å². The normalized spacial score (nSPS) is 19.4. The summed E-state index contributed by atoms with van der Waals surface area (Å²) in [6.45, 7) is 5.44. The molecule has 0 radical (unpaired) electrons. The molecule has 2 N–H and O–H groups in total. The first-order valence-corrected chi connectivity index (χ1v) is 13.2. The van der Waals surface area contributed by atoms with E-state index in [0.29, 0.717) is 31.7 Å². The predicted molar refractivity (Wildman–Crippen MR) is 142 cm³/mol. The van der Waals surface area contributed by atoms with Crippen LogP contribution in [-0.2, 0) is 16.0 Å². The molecule has 192 valence electrons. The highest BCUT2D eigenvalue weighted by molar-refractivity contribution is 5.94. The molecule has 2 aromatic carbocycles. The summed E-state index contributed by atoms with van der Waals surface area (Å²) in [5.74, 6) is 0.252. The number of para-hydroxylation sites is 1. The van der Waals surface area contributed by atoms with Crippen molar-refractivity contribution in [3.05, 3.63) is 65.7 Å². The Morgan fingerprint density at radius 2 is 1.64 bits per heavy atom. The van der Waals surface area contributed by atoms with Gasteiger partial charge in [-0.25, -0.2) is 4.79 Å². The summed E-state index contributed by atoms with van der Waals surface area (Å²) in [6.07, 6.45) is 5.82. The van der Waals surface area contributed by atoms with Gasteiger partial charge in [-0.15, -0.1) is 0 Å². The lowest BCUT2D eigenvalue weighted by atomic mass is 9.87. The highest BCUT2D eigenvalue weighted by Gasteiger charge is 2.36. The largest absolute Gasteiger partial charge is 0.337 e. The summed E-state index contributed by atoms with van der Waals surface area (Å²) in [6, 6.07) is 16.1. The zero-order valence-corrected chi connectivity index (χ0v) is 21.4. The molecule has 2 unspecified atom stereocenters. The van der Waals surface area contributed by atoms with Crippen molar-refractivity contribution < 1.29 is 14.4 Å². The fraction of sp³-hybridized carbons (Fsp3) is 0.483. The lowest BCUT2D eigenvalue weighted by Crippen LogP contribution is -2.60. The van der Waals surface area contributed by atoms with E-state index in [-0.39, 0.29) is 23.8 Å². The molecule has 2 fully saturated rings. The van der Waals surface area contributed by atoms with Crippen molar-refractivity contribution >= 4 is 23.5 Å². The monoisotopic (exact) mass is 490 g/mol. The standard InChI is InChI=1S/C29H38N4O3/c1-21-11-9-10-16-25(21)30-29(36)31-26(19-23-12-5-3-6-13-23)28(35)32-17-18-33(22(2)20-32)27(34)24-14-7-4-8-15-24/h3,5-6,9-13,16,22,24,26H,4,7-8,14-15,17-20H2,1-2H3,(H2,30,31,36). The number of aryl methyl sites for hydroxylation is 1. The average Bonchev–Trinajstić information content (AvgIpc) is 2.90. The van der Waals surface area contributed by atoms with Crippen LogP contribution >= 0.6 is 0 Å². The van der Waals surface area contributed by atoms with Crippen molar-refractivity contribution in [3.8, 4) is 0 Å². The molecule has 1 aliphatic heterocycles. The molecule has 1 saturated carbocycles. The molecule has 36 heavy (non-hydrogen) atoms. The highest BCUT2D eigenvalue weighted by atomic mass is 16.2. The van der Waals surface area contributed by atoms with Crippen molar-refractivity contribution in [1.29, 1.82) is 0 Å². The summed E-state index contributed by atoms with van der Waals surface area (Å²) in [7, 11) is 0. The van der Waals surface area contributed by atoms with Crippen molar-refractivity contribution in [2.75, 3.05) is 25.0 Å². The van der Waals surface area contributed by atoms with Gasteiger partial charge in [-0.3, -0.25) is 9.59 Å². The Balaban J connectivity index is 1.42. The number of piperazine rings is 1. The Labute approximate surface area is 214 Å². The number of amides is 4. The van der Waals surface area contributed by atoms with Crippen LogP contribution in [0.25, 0.3) is 0 Å². The Morgan fingerprint density at radius 1 is 0.944 bits per heavy atom. The van der Waals surface area contributed by atoms with Gasteiger partial charge in [0.15, 0.2) is 0 Å². The van der Waals surface area contributed by atoms with Crippen LogP contribution in [0.2, 0.25) is 0 Å². The minimum absolute atomic E-state index is 0.0460. The summed E-state index contributed by atoms with van der Waals surface area (Å²) in [5.41, 5.74) is 2.64. The fourth-order valence-electron chi connectivity index (χ4n) is 5.37. The van der Waals surface area contributed by atoms with E-state index in [9.17, 15) is 14.4 Å². The van der Waals surface area contributed by atoms with Crippen molar-refractivity contribution in [2.24, 2.45) is 5.92 Å². The molecule has 7 heteroatoms. The molecular weight excluding hydrogens is 452 g/mol. The molecule has 2 aromatic rings. The van der Waals surface area contributed by atoms with E-state index in [2.05, 4.69) is 10.6 Å². The number of benzene rings is 2. The third-order valence-corrected chi connectivity index (χ3v) is 7.46. The molecule has 2 atom stereocenters. The van der Waals surface area contributed by atoms with Crippen LogP contribution in [0, 0.1) is 12.8 Å². The first-order chi connectivity index (χ1) is 17.4. The number of nitrogens with zero attached hydrogens (tertiary/aromatic N) is 2. The Hall–Kier alpha value is -3.35. The fourth-order valence-corrected chi connectivity index (χ4v) is 5.37. The van der Waals surface area contributed by atoms with Crippen LogP contribution in [0.5, 0.6) is 0 Å². The SMILES string of the molecule is Cc1ccccc1NC(=O)NC(Cc1ccccc1)C(=O)N1CCN(C(=O)C2CCCCC2)C(C)C1. The van der Waals surface area contributed by atoms with Crippen LogP contribution in [0.3, 0.4) is 0 Å². The van der Waals surface area contributed by atoms with E-state index in [4.69, 9.17) is 0 Å². The average molecular weight is 491 g/mol. The number of hydrogen-bond acceptors (Lipinski definition) is 3. The van der Waals surface area contributed by atoms with Gasteiger partial charge in [0.25, 0.3) is 0 Å². The zero-order valence-electron chi connectivity index (χ0n) is 21.4. The molecule has 0 aromatic heterocycles. The summed E-state index contributed by atoms with van der Waals surface area (Å²) < 4.78 is 0. The number of anilines is 1. The third-order valence-electron chi connectivity index (χ3n) is 7.46. The molecule has 1 aliphatic carbocycles. The molecule has 1 saturated heterocycles. The van der Waals surface area contributed by atoms with Crippen molar-refractivity contribution in [2.45, 2.75) is 64.5 Å². The van der Waals surface area contributed by atoms with E-state index < -0.39 is 12.1 Å². The summed E-state index contributed by atoms with van der Waals surface area (Å²) in [4.78, 5) is 43.4. The number of rotatable bonds is 6. The van der Waals surface area contributed by atoms with Crippen LogP contribution in [0.1, 0.15) is 50.2 Å². The second kappa shape index (κ2) is 12.1. The summed E-state index contributed by atoms with van der Waals surface area (Å²) in [5, 5.41) is 5.79. The Morgan fingerprint density at radius 3 is 2.33 bits per heavy atom. The quantitative estimate of drug-likeness (QED) is 0.631. The number of hydrogen-bond donors (Lipinski definition) is 2. The molecule has 4 rings (SSSR count). The predicted octanol–water partition coefficient (Wildman–Crippen LogP) is 4.37. The Kier molecular flexibility index (Phi) is 8.62. The zero-order chi connectivity index (χ0) is 25.5. The van der Waals surface area contributed by atoms with E-state index in [0.717, 1.165) is 36.8 Å². The van der Waals surface area contributed by atoms with E-state index in [1.54, 1.807) is 4.90 Å². The molecule has 2 aliphatic rings. The minimum Gasteiger partial charge on any atom is -0.337 e. The van der Waals surface area contributed by atoms with Gasteiger partial charge in [-0.1, -0.05) is 67.8 Å². The lowest BCUT2D eigenvalue weighted by molar-refractivity contribution is -0.146. The van der Waals surface area contributed by atoms with Gasteiger partial charge >= 0.3 is 6.03 Å². The van der Waals surface area contributed by atoms with Crippen LogP contribution in [-0.4, -0.2) is 59.4 Å². The maximum Gasteiger partial charge on any atom is 0.319 e. The first-order valence-electron chi connectivity index (χ1n) is 13.2. The van der Waals surface area contributed by atoms with Gasteiger partial charge in [0.05, 0.1) is 0 Å². The second-order valence-corrected chi connectivity index (χ2v) is 10.2. The van der Waals surface area contributed by atoms with E-state index >= 15 is 0 Å². The Bertz CT molecular complexity index is 1050. The van der Waals surface area contributed by atoms with Gasteiger partial charge in [-0.2, -0.15) is 0 Å². The molecule has 1 heterocycles. The third kappa shape index (κ3) is 6.45. The number of carbonyl (C=O) groups excluding carboxylic acids is 3. The smallest absolute Gasteiger partial charge is 0.319 e. The number of urea groups is 1. The van der Waals surface area contributed by atoms with Crippen LogP contribution in [0.15, 0.2) is 54.6 Å². The molecule has 0 spiro atoms. The van der Waals surface area contributed by atoms with Gasteiger partial charge in [0, 0.05) is 43.7 Å². The topological polar surface area (TPSA) is 81.8 Å².